The second kappa shape index (κ2) is 6.53. The summed E-state index contributed by atoms with van der Waals surface area (Å²) >= 11 is 1.37. The molecule has 3 aromatic rings. The number of H-pyrrole nitrogens is 1. The van der Waals surface area contributed by atoms with Gasteiger partial charge in [0.25, 0.3) is 0 Å². The van der Waals surface area contributed by atoms with Crippen LogP contribution in [0.4, 0.5) is 5.69 Å². The Hall–Kier alpha value is -2.47. The van der Waals surface area contributed by atoms with E-state index in [0.29, 0.717) is 5.75 Å². The van der Waals surface area contributed by atoms with Crippen LogP contribution in [0.1, 0.15) is 0 Å². The van der Waals surface area contributed by atoms with Crippen molar-refractivity contribution in [2.75, 3.05) is 18.2 Å². The van der Waals surface area contributed by atoms with E-state index in [1.165, 1.54) is 11.8 Å². The summed E-state index contributed by atoms with van der Waals surface area (Å²) in [5, 5.41) is 3.58. The molecular weight excluding hydrogens is 298 g/mol. The van der Waals surface area contributed by atoms with Crippen molar-refractivity contribution in [1.29, 1.82) is 0 Å². The minimum Gasteiger partial charge on any atom is -0.497 e. The average molecular weight is 313 g/mol. The number of imidazole rings is 1. The molecule has 1 amide bonds. The standard InChI is InChI=1S/C16H15N3O2S/c1-21-12-6-4-5-11(9-12)17-15(20)10-22-16-18-13-7-2-3-8-14(13)19-16/h2-9H,10H2,1H3,(H,17,20)(H,18,19). The number of carbonyl (C=O) groups excluding carboxylic acids is 1. The van der Waals surface area contributed by atoms with Crippen LogP contribution in [-0.2, 0) is 4.79 Å². The Labute approximate surface area is 132 Å². The maximum Gasteiger partial charge on any atom is 0.234 e. The van der Waals surface area contributed by atoms with Crippen LogP contribution in [-0.4, -0.2) is 28.7 Å². The van der Waals surface area contributed by atoms with Gasteiger partial charge in [0.2, 0.25) is 5.91 Å². The van der Waals surface area contributed by atoms with E-state index < -0.39 is 0 Å². The van der Waals surface area contributed by atoms with E-state index in [4.69, 9.17) is 4.74 Å². The van der Waals surface area contributed by atoms with Crippen LogP contribution in [0, 0.1) is 0 Å². The van der Waals surface area contributed by atoms with Gasteiger partial charge in [0.05, 0.1) is 23.9 Å². The van der Waals surface area contributed by atoms with Crippen LogP contribution in [0.5, 0.6) is 5.75 Å². The summed E-state index contributed by atoms with van der Waals surface area (Å²) in [5.74, 6) is 0.915. The number of nitrogens with one attached hydrogen (secondary N) is 2. The molecule has 0 spiro atoms. The minimum atomic E-state index is -0.0845. The first kappa shape index (κ1) is 14.5. The van der Waals surface area contributed by atoms with Crippen molar-refractivity contribution >= 4 is 34.4 Å². The average Bonchev–Trinajstić information content (AvgIpc) is 2.96. The number of ether oxygens (including phenoxy) is 1. The third-order valence-corrected chi connectivity index (χ3v) is 3.93. The fourth-order valence-electron chi connectivity index (χ4n) is 2.03. The topological polar surface area (TPSA) is 67.0 Å². The van der Waals surface area contributed by atoms with Crippen molar-refractivity contribution in [1.82, 2.24) is 9.97 Å². The van der Waals surface area contributed by atoms with Crippen LogP contribution in [0.25, 0.3) is 11.0 Å². The highest BCUT2D eigenvalue weighted by Crippen LogP contribution is 2.20. The van der Waals surface area contributed by atoms with Crippen LogP contribution in [0.15, 0.2) is 53.7 Å². The van der Waals surface area contributed by atoms with Gasteiger partial charge in [0.1, 0.15) is 5.75 Å². The van der Waals surface area contributed by atoms with Crippen LogP contribution in [0.3, 0.4) is 0 Å². The van der Waals surface area contributed by atoms with Crippen LogP contribution < -0.4 is 10.1 Å². The molecule has 0 saturated carbocycles. The summed E-state index contributed by atoms with van der Waals surface area (Å²) in [6.45, 7) is 0. The van der Waals surface area contributed by atoms with E-state index in [1.54, 1.807) is 13.2 Å². The molecule has 2 N–H and O–H groups in total. The summed E-state index contributed by atoms with van der Waals surface area (Å²) < 4.78 is 5.13. The van der Waals surface area contributed by atoms with Gasteiger partial charge in [-0.1, -0.05) is 30.0 Å². The number of rotatable bonds is 5. The molecule has 0 radical (unpaired) electrons. The predicted molar refractivity (Wildman–Crippen MR) is 88.4 cm³/mol. The Balaban J connectivity index is 1.59. The summed E-state index contributed by atoms with van der Waals surface area (Å²) in [6, 6.07) is 15.1. The van der Waals surface area contributed by atoms with E-state index in [2.05, 4.69) is 15.3 Å². The molecule has 0 fully saturated rings. The fraction of sp³-hybridized carbons (Fsp3) is 0.125. The molecule has 5 nitrogen and oxygen atoms in total. The number of thioether (sulfide) groups is 1. The first-order chi connectivity index (χ1) is 10.7. The SMILES string of the molecule is COc1cccc(NC(=O)CSc2nc3ccccc3[nH]2)c1. The molecule has 112 valence electrons. The normalized spacial score (nSPS) is 10.6. The van der Waals surface area contributed by atoms with Crippen LogP contribution in [0.2, 0.25) is 0 Å². The quantitative estimate of drug-likeness (QED) is 0.709. The van der Waals surface area contributed by atoms with Gasteiger partial charge in [-0.25, -0.2) is 4.98 Å². The zero-order valence-electron chi connectivity index (χ0n) is 12.0. The highest BCUT2D eigenvalue weighted by molar-refractivity contribution is 7.99. The summed E-state index contributed by atoms with van der Waals surface area (Å²) in [7, 11) is 1.60. The number of aromatic nitrogens is 2. The molecule has 3 rings (SSSR count). The number of amides is 1. The zero-order chi connectivity index (χ0) is 15.4. The van der Waals surface area contributed by atoms with Crippen molar-refractivity contribution in [3.63, 3.8) is 0 Å². The molecule has 0 saturated heterocycles. The lowest BCUT2D eigenvalue weighted by molar-refractivity contribution is -0.113. The highest BCUT2D eigenvalue weighted by atomic mass is 32.2. The highest BCUT2D eigenvalue weighted by Gasteiger charge is 2.07. The Bertz CT molecular complexity index is 768. The minimum absolute atomic E-state index is 0.0845. The molecule has 0 unspecified atom stereocenters. The number of hydrogen-bond donors (Lipinski definition) is 2. The summed E-state index contributed by atoms with van der Waals surface area (Å²) in [4.78, 5) is 19.6. The molecule has 0 aliphatic heterocycles. The van der Waals surface area contributed by atoms with E-state index in [1.807, 2.05) is 42.5 Å². The van der Waals surface area contributed by atoms with Crippen molar-refractivity contribution in [3.05, 3.63) is 48.5 Å². The Morgan fingerprint density at radius 3 is 2.95 bits per heavy atom. The van der Waals surface area contributed by atoms with Gasteiger partial charge in [-0.15, -0.1) is 0 Å². The molecule has 0 bridgehead atoms. The Kier molecular flexibility index (Phi) is 4.29. The zero-order valence-corrected chi connectivity index (χ0v) is 12.8. The lowest BCUT2D eigenvalue weighted by Gasteiger charge is -2.06. The molecule has 22 heavy (non-hydrogen) atoms. The maximum atomic E-state index is 12.0. The smallest absolute Gasteiger partial charge is 0.234 e. The number of methoxy groups -OCH3 is 1. The Morgan fingerprint density at radius 1 is 1.27 bits per heavy atom. The van der Waals surface area contributed by atoms with Crippen molar-refractivity contribution in [2.24, 2.45) is 0 Å². The molecular formula is C16H15N3O2S. The van der Waals surface area contributed by atoms with E-state index in [-0.39, 0.29) is 11.7 Å². The van der Waals surface area contributed by atoms with Crippen molar-refractivity contribution in [3.8, 4) is 5.75 Å². The second-order valence-corrected chi connectivity index (χ2v) is 5.59. The second-order valence-electron chi connectivity index (χ2n) is 4.63. The summed E-state index contributed by atoms with van der Waals surface area (Å²) in [6.07, 6.45) is 0. The number of fused-ring (bicyclic) bond motifs is 1. The van der Waals surface area contributed by atoms with Gasteiger partial charge in [0, 0.05) is 11.8 Å². The molecule has 6 heteroatoms. The van der Waals surface area contributed by atoms with E-state index >= 15 is 0 Å². The van der Waals surface area contributed by atoms with Gasteiger partial charge < -0.3 is 15.0 Å². The van der Waals surface area contributed by atoms with Crippen molar-refractivity contribution in [2.45, 2.75) is 5.16 Å². The predicted octanol–water partition coefficient (Wildman–Crippen LogP) is 3.30. The first-order valence-electron chi connectivity index (χ1n) is 6.76. The van der Waals surface area contributed by atoms with Crippen LogP contribution >= 0.6 is 11.8 Å². The lowest BCUT2D eigenvalue weighted by atomic mass is 10.3. The third kappa shape index (κ3) is 3.40. The van der Waals surface area contributed by atoms with Gasteiger partial charge in [-0.3, -0.25) is 4.79 Å². The molecule has 0 aliphatic carbocycles. The third-order valence-electron chi connectivity index (χ3n) is 3.06. The number of para-hydroxylation sites is 2. The number of hydrogen-bond acceptors (Lipinski definition) is 4. The number of aromatic amines is 1. The number of carbonyl (C=O) groups is 1. The maximum absolute atomic E-state index is 12.0. The number of benzene rings is 2. The molecule has 0 aliphatic rings. The molecule has 1 heterocycles. The number of nitrogens with zero attached hydrogens (tertiary/aromatic N) is 1. The largest absolute Gasteiger partial charge is 0.497 e. The van der Waals surface area contributed by atoms with Gasteiger partial charge in [-0.2, -0.15) is 0 Å². The fourth-order valence-corrected chi connectivity index (χ4v) is 2.71. The van der Waals surface area contributed by atoms with Gasteiger partial charge in [-0.05, 0) is 24.3 Å². The molecule has 0 atom stereocenters. The first-order valence-corrected chi connectivity index (χ1v) is 7.74. The number of anilines is 1. The van der Waals surface area contributed by atoms with E-state index in [9.17, 15) is 4.79 Å². The molecule has 2 aromatic carbocycles. The summed E-state index contributed by atoms with van der Waals surface area (Å²) in [5.41, 5.74) is 2.59. The lowest BCUT2D eigenvalue weighted by Crippen LogP contribution is -2.14. The van der Waals surface area contributed by atoms with Crippen molar-refractivity contribution < 1.29 is 9.53 Å². The van der Waals surface area contributed by atoms with E-state index in [0.717, 1.165) is 21.9 Å². The van der Waals surface area contributed by atoms with Gasteiger partial charge >= 0.3 is 0 Å². The van der Waals surface area contributed by atoms with Gasteiger partial charge in [0.15, 0.2) is 5.16 Å². The monoisotopic (exact) mass is 313 g/mol. The molecule has 1 aromatic heterocycles. The Morgan fingerprint density at radius 2 is 2.14 bits per heavy atom.